The first-order valence-electron chi connectivity index (χ1n) is 8.23. The van der Waals surface area contributed by atoms with E-state index in [9.17, 15) is 4.79 Å². The van der Waals surface area contributed by atoms with Gasteiger partial charge in [-0.2, -0.15) is 0 Å². The first-order chi connectivity index (χ1) is 12.5. The van der Waals surface area contributed by atoms with E-state index < -0.39 is 0 Å². The highest BCUT2D eigenvalue weighted by molar-refractivity contribution is 7.98. The molecule has 0 radical (unpaired) electrons. The summed E-state index contributed by atoms with van der Waals surface area (Å²) in [4.78, 5) is 11.9. The zero-order valence-corrected chi connectivity index (χ0v) is 15.4. The van der Waals surface area contributed by atoms with Gasteiger partial charge in [-0.3, -0.25) is 0 Å². The summed E-state index contributed by atoms with van der Waals surface area (Å²) in [6.07, 6.45) is -0.132. The third-order valence-electron chi connectivity index (χ3n) is 3.60. The van der Waals surface area contributed by atoms with Crippen LogP contribution >= 0.6 is 11.8 Å². The van der Waals surface area contributed by atoms with E-state index in [2.05, 4.69) is 10.2 Å². The van der Waals surface area contributed by atoms with Crippen LogP contribution in [0.25, 0.3) is 11.4 Å². The molecular weight excluding hydrogens is 348 g/mol. The van der Waals surface area contributed by atoms with Crippen LogP contribution in [0.1, 0.15) is 29.8 Å². The van der Waals surface area contributed by atoms with E-state index in [0.717, 1.165) is 11.1 Å². The summed E-state index contributed by atoms with van der Waals surface area (Å²) in [5.74, 6) is 7.10. The second-order valence-corrected chi connectivity index (χ2v) is 6.92. The minimum Gasteiger partial charge on any atom is -0.459 e. The van der Waals surface area contributed by atoms with Crippen molar-refractivity contribution < 1.29 is 9.53 Å². The molecule has 0 fully saturated rings. The number of aromatic nitrogens is 3. The lowest BCUT2D eigenvalue weighted by Gasteiger charge is -2.08. The maximum absolute atomic E-state index is 11.9. The van der Waals surface area contributed by atoms with Crippen molar-refractivity contribution in [2.24, 2.45) is 0 Å². The first-order valence-corrected chi connectivity index (χ1v) is 9.22. The van der Waals surface area contributed by atoms with Gasteiger partial charge in [-0.05, 0) is 31.5 Å². The molecule has 0 aliphatic heterocycles. The number of carbonyl (C=O) groups is 1. The van der Waals surface area contributed by atoms with E-state index in [1.54, 1.807) is 12.1 Å². The van der Waals surface area contributed by atoms with Crippen molar-refractivity contribution in [1.29, 1.82) is 0 Å². The lowest BCUT2D eigenvalue weighted by atomic mass is 10.1. The van der Waals surface area contributed by atoms with Gasteiger partial charge in [0.25, 0.3) is 0 Å². The number of thioether (sulfide) groups is 1. The number of benzene rings is 2. The summed E-state index contributed by atoms with van der Waals surface area (Å²) >= 11 is 1.49. The fourth-order valence-electron chi connectivity index (χ4n) is 2.33. The summed E-state index contributed by atoms with van der Waals surface area (Å²) in [5, 5.41) is 8.96. The molecule has 0 atom stereocenters. The molecule has 0 saturated heterocycles. The highest BCUT2D eigenvalue weighted by Crippen LogP contribution is 2.24. The average molecular weight is 368 g/mol. The van der Waals surface area contributed by atoms with E-state index in [1.807, 2.05) is 56.3 Å². The molecule has 0 spiro atoms. The van der Waals surface area contributed by atoms with Gasteiger partial charge in [-0.1, -0.05) is 54.2 Å². The van der Waals surface area contributed by atoms with Gasteiger partial charge >= 0.3 is 5.97 Å². The fourth-order valence-corrected chi connectivity index (χ4v) is 3.14. The van der Waals surface area contributed by atoms with Crippen molar-refractivity contribution in [2.75, 3.05) is 5.84 Å². The molecule has 0 bridgehead atoms. The number of carbonyl (C=O) groups excluding carboxylic acids is 1. The van der Waals surface area contributed by atoms with Crippen molar-refractivity contribution in [2.45, 2.75) is 30.9 Å². The number of ether oxygens (including phenoxy) is 1. The molecule has 3 rings (SSSR count). The Bertz CT molecular complexity index is 876. The van der Waals surface area contributed by atoms with Gasteiger partial charge in [-0.25, -0.2) is 9.47 Å². The van der Waals surface area contributed by atoms with Crippen molar-refractivity contribution in [3.8, 4) is 11.4 Å². The molecule has 1 heterocycles. The number of hydrogen-bond donors (Lipinski definition) is 1. The maximum atomic E-state index is 11.9. The van der Waals surface area contributed by atoms with Gasteiger partial charge in [-0.15, -0.1) is 10.2 Å². The van der Waals surface area contributed by atoms with Crippen molar-refractivity contribution in [3.63, 3.8) is 0 Å². The van der Waals surface area contributed by atoms with Crippen LogP contribution < -0.4 is 5.84 Å². The Morgan fingerprint density at radius 3 is 2.46 bits per heavy atom. The van der Waals surface area contributed by atoms with Crippen molar-refractivity contribution in [1.82, 2.24) is 14.9 Å². The minimum absolute atomic E-state index is 0.132. The van der Waals surface area contributed by atoms with Crippen molar-refractivity contribution >= 4 is 17.7 Å². The Kier molecular flexibility index (Phi) is 5.58. The van der Waals surface area contributed by atoms with Crippen LogP contribution in [0.4, 0.5) is 0 Å². The summed E-state index contributed by atoms with van der Waals surface area (Å²) in [6.45, 7) is 3.66. The summed E-state index contributed by atoms with van der Waals surface area (Å²) in [5.41, 5.74) is 2.52. The van der Waals surface area contributed by atoms with Crippen LogP contribution in [0.5, 0.6) is 0 Å². The predicted molar refractivity (Wildman–Crippen MR) is 102 cm³/mol. The summed E-state index contributed by atoms with van der Waals surface area (Å²) in [7, 11) is 0. The van der Waals surface area contributed by atoms with E-state index in [-0.39, 0.29) is 12.1 Å². The zero-order valence-electron chi connectivity index (χ0n) is 14.6. The first kappa shape index (κ1) is 18.0. The van der Waals surface area contributed by atoms with E-state index in [1.165, 1.54) is 16.4 Å². The molecule has 134 valence electrons. The molecule has 2 N–H and O–H groups in total. The topological polar surface area (TPSA) is 83.0 Å². The van der Waals surface area contributed by atoms with Crippen LogP contribution in [-0.4, -0.2) is 26.9 Å². The van der Waals surface area contributed by atoms with Crippen LogP contribution in [0, 0.1) is 0 Å². The lowest BCUT2D eigenvalue weighted by Crippen LogP contribution is -2.11. The third-order valence-corrected chi connectivity index (χ3v) is 4.61. The minimum atomic E-state index is -0.312. The standard InChI is InChI=1S/C19H20N4O2S/c1-13(2)25-18(24)16-10-8-14(9-11-16)12-26-19-22-21-17(23(19)20)15-6-4-3-5-7-15/h3-11,13H,12,20H2,1-2H3. The second-order valence-electron chi connectivity index (χ2n) is 5.98. The predicted octanol–water partition coefficient (Wildman–Crippen LogP) is 3.52. The Morgan fingerprint density at radius 2 is 1.81 bits per heavy atom. The number of nitrogens with two attached hydrogens (primary N) is 1. The second kappa shape index (κ2) is 8.05. The van der Waals surface area contributed by atoms with Gasteiger partial charge < -0.3 is 10.6 Å². The largest absolute Gasteiger partial charge is 0.459 e. The molecule has 26 heavy (non-hydrogen) atoms. The smallest absolute Gasteiger partial charge is 0.338 e. The van der Waals surface area contributed by atoms with Crippen LogP contribution in [0.15, 0.2) is 59.8 Å². The highest BCUT2D eigenvalue weighted by Gasteiger charge is 2.13. The fraction of sp³-hybridized carbons (Fsp3) is 0.211. The molecule has 6 nitrogen and oxygen atoms in total. The molecule has 0 unspecified atom stereocenters. The number of nitrogens with zero attached hydrogens (tertiary/aromatic N) is 3. The average Bonchev–Trinajstić information content (AvgIpc) is 3.01. The highest BCUT2D eigenvalue weighted by atomic mass is 32.2. The molecule has 0 aliphatic rings. The number of hydrogen-bond acceptors (Lipinski definition) is 6. The molecule has 3 aromatic rings. The van der Waals surface area contributed by atoms with Crippen molar-refractivity contribution in [3.05, 3.63) is 65.7 Å². The number of esters is 1. The van der Waals surface area contributed by atoms with Gasteiger partial charge in [0.15, 0.2) is 5.82 Å². The Hall–Kier alpha value is -2.80. The summed E-state index contributed by atoms with van der Waals surface area (Å²) < 4.78 is 6.68. The maximum Gasteiger partial charge on any atom is 0.338 e. The van der Waals surface area contributed by atoms with Gasteiger partial charge in [0.2, 0.25) is 5.16 Å². The van der Waals surface area contributed by atoms with E-state index in [4.69, 9.17) is 10.6 Å². The van der Waals surface area contributed by atoms with Crippen LogP contribution in [0.3, 0.4) is 0 Å². The van der Waals surface area contributed by atoms with Gasteiger partial charge in [0, 0.05) is 11.3 Å². The molecule has 0 saturated carbocycles. The third kappa shape index (κ3) is 4.23. The Morgan fingerprint density at radius 1 is 1.12 bits per heavy atom. The monoisotopic (exact) mass is 368 g/mol. The van der Waals surface area contributed by atoms with Gasteiger partial charge in [0.1, 0.15) is 0 Å². The number of rotatable bonds is 6. The molecule has 7 heteroatoms. The van der Waals surface area contributed by atoms with Crippen LogP contribution in [-0.2, 0) is 10.5 Å². The molecule has 0 amide bonds. The molecule has 0 aliphatic carbocycles. The van der Waals surface area contributed by atoms with E-state index >= 15 is 0 Å². The lowest BCUT2D eigenvalue weighted by molar-refractivity contribution is 0.0378. The van der Waals surface area contributed by atoms with E-state index in [0.29, 0.717) is 22.3 Å². The Balaban J connectivity index is 1.65. The normalized spacial score (nSPS) is 10.9. The quantitative estimate of drug-likeness (QED) is 0.407. The molecule has 2 aromatic carbocycles. The zero-order chi connectivity index (χ0) is 18.5. The molecule has 1 aromatic heterocycles. The van der Waals surface area contributed by atoms with Crippen LogP contribution in [0.2, 0.25) is 0 Å². The van der Waals surface area contributed by atoms with Gasteiger partial charge in [0.05, 0.1) is 11.7 Å². The summed E-state index contributed by atoms with van der Waals surface area (Å²) in [6, 6.07) is 17.0. The SMILES string of the molecule is CC(C)OC(=O)c1ccc(CSc2nnc(-c3ccccc3)n2N)cc1. The molecular formula is C19H20N4O2S. The number of nitrogen functional groups attached to an aromatic ring is 1. The Labute approximate surface area is 156 Å².